The molecule has 9 aromatic heterocycles. The summed E-state index contributed by atoms with van der Waals surface area (Å²) in [6.45, 7) is 22.7. The number of piperidine rings is 2. The van der Waals surface area contributed by atoms with Gasteiger partial charge in [-0.3, -0.25) is 0 Å². The van der Waals surface area contributed by atoms with Gasteiger partial charge in [-0.15, -0.1) is 37.5 Å². The average Bonchev–Trinajstić information content (AvgIpc) is 3.78. The van der Waals surface area contributed by atoms with E-state index >= 15 is 0 Å². The van der Waals surface area contributed by atoms with Gasteiger partial charge in [-0.2, -0.15) is 10.2 Å². The van der Waals surface area contributed by atoms with E-state index in [1.54, 1.807) is 53.7 Å². The quantitative estimate of drug-likeness (QED) is 0.137. The third kappa shape index (κ3) is 11.7. The fourth-order valence-electron chi connectivity index (χ4n) is 12.2. The van der Waals surface area contributed by atoms with Crippen LogP contribution in [0, 0.1) is 46.3 Å². The fraction of sp³-hybridized carbons (Fsp3) is 0.365. The molecule has 0 atom stereocenters. The Balaban J connectivity index is 0.000000119. The van der Waals surface area contributed by atoms with Crippen molar-refractivity contribution in [1.29, 1.82) is 0 Å². The Hall–Kier alpha value is -7.60. The number of benzene rings is 3. The van der Waals surface area contributed by atoms with Crippen LogP contribution in [0.1, 0.15) is 104 Å². The molecule has 85 heavy (non-hydrogen) atoms. The topological polar surface area (TPSA) is 181 Å². The van der Waals surface area contributed by atoms with Crippen LogP contribution in [0.3, 0.4) is 0 Å². The maximum Gasteiger partial charge on any atom is 0.186 e. The highest BCUT2D eigenvalue weighted by molar-refractivity contribution is 7.22. The number of rotatable bonds is 7. The molecule has 3 N–H and O–H groups in total. The lowest BCUT2D eigenvalue weighted by atomic mass is 9.79. The normalized spacial score (nSPS) is 16.5. The first-order chi connectivity index (χ1) is 40.7. The standard InChI is InChI=1S/C23H29N7S.C20H20FN5S.C20H18FN5S/c1-14-24-20-10-9-17(27-30(20)26-14)15-7-8-18-19(11-15)31-21(25-18)29(6)16-12-22(2,3)28-23(4,5)13-16;2*1-11-7-16(25-26-10-12(2)23-19(11)26)14-8-15(21)18-17(9-14)27-20(24-18)13-3-5-22-6-4-13/h7-11,16,28H,12-13H2,1-6H3;7-10,13,22H,3-6H2,1-2H3;3,7-10,22H,4-6H2,1-2H3. The molecule has 0 amide bonds. The molecule has 0 radical (unpaired) electrons. The SMILES string of the molecule is Cc1cn2nc(-c3cc(F)c4nc(C5=CCNCC5)sc4c3)cc(C)c2n1.Cc1cn2nc(-c3cc(F)c4nc(C5CCNCC5)sc4c3)cc(C)c2n1.Cc1nc2ccc(-c3ccc4nc(N(C)C5CC(C)(C)NC(C)(C)C5)sc4c3)nn2n1. The number of thiazole rings is 3. The number of fused-ring (bicyclic) bond motifs is 6. The van der Waals surface area contributed by atoms with Gasteiger partial charge >= 0.3 is 0 Å². The molecular weight excluding hydrogens is 1130 g/mol. The van der Waals surface area contributed by atoms with Crippen LogP contribution in [0.15, 0.2) is 85.2 Å². The van der Waals surface area contributed by atoms with Crippen molar-refractivity contribution in [3.63, 3.8) is 0 Å². The number of hydrogen-bond donors (Lipinski definition) is 3. The minimum atomic E-state index is -0.305. The molecule has 0 aliphatic carbocycles. The molecule has 0 saturated carbocycles. The van der Waals surface area contributed by atoms with Gasteiger partial charge in [-0.05, 0) is 191 Å². The van der Waals surface area contributed by atoms with Crippen molar-refractivity contribution in [2.24, 2.45) is 0 Å². The second kappa shape index (κ2) is 22.4. The summed E-state index contributed by atoms with van der Waals surface area (Å²) in [5, 5.41) is 31.7. The molecule has 0 bridgehead atoms. The smallest absolute Gasteiger partial charge is 0.186 e. The average molecular weight is 1200 g/mol. The summed E-state index contributed by atoms with van der Waals surface area (Å²) in [6, 6.07) is 21.8. The highest BCUT2D eigenvalue weighted by Crippen LogP contribution is 2.40. The van der Waals surface area contributed by atoms with Crippen molar-refractivity contribution >= 4 is 92.3 Å². The van der Waals surface area contributed by atoms with Crippen molar-refractivity contribution in [2.75, 3.05) is 38.1 Å². The van der Waals surface area contributed by atoms with Gasteiger partial charge in [0.05, 0.1) is 65.5 Å². The van der Waals surface area contributed by atoms with E-state index < -0.39 is 0 Å². The zero-order chi connectivity index (χ0) is 59.1. The summed E-state index contributed by atoms with van der Waals surface area (Å²) in [6.07, 6.45) is 11.1. The van der Waals surface area contributed by atoms with Crippen molar-refractivity contribution in [1.82, 2.24) is 79.9 Å². The third-order valence-electron chi connectivity index (χ3n) is 16.0. The van der Waals surface area contributed by atoms with E-state index in [0.29, 0.717) is 23.0 Å². The van der Waals surface area contributed by atoms with Gasteiger partial charge in [0.25, 0.3) is 0 Å². The predicted molar refractivity (Wildman–Crippen MR) is 339 cm³/mol. The third-order valence-corrected chi connectivity index (χ3v) is 19.3. The van der Waals surface area contributed by atoms with E-state index in [1.165, 1.54) is 16.3 Å². The summed E-state index contributed by atoms with van der Waals surface area (Å²) < 4.78 is 37.7. The molecule has 15 rings (SSSR count). The van der Waals surface area contributed by atoms with Crippen LogP contribution in [0.4, 0.5) is 13.9 Å². The molecule has 17 nitrogen and oxygen atoms in total. The van der Waals surface area contributed by atoms with Crippen molar-refractivity contribution in [3.05, 3.63) is 135 Å². The van der Waals surface area contributed by atoms with Crippen LogP contribution in [-0.2, 0) is 0 Å². The molecule has 436 valence electrons. The van der Waals surface area contributed by atoms with Crippen LogP contribution in [0.2, 0.25) is 0 Å². The number of nitrogens with one attached hydrogen (secondary N) is 3. The fourth-order valence-corrected chi connectivity index (χ4v) is 15.5. The molecule has 3 aliphatic heterocycles. The zero-order valence-electron chi connectivity index (χ0n) is 49.3. The molecular formula is C63H67F2N17S3. The highest BCUT2D eigenvalue weighted by Gasteiger charge is 2.40. The Morgan fingerprint density at radius 1 is 0.600 bits per heavy atom. The van der Waals surface area contributed by atoms with Gasteiger partial charge in [0.2, 0.25) is 0 Å². The molecule has 2 saturated heterocycles. The van der Waals surface area contributed by atoms with Crippen LogP contribution in [-0.4, -0.2) is 114 Å². The van der Waals surface area contributed by atoms with Crippen molar-refractivity contribution in [2.45, 2.75) is 117 Å². The summed E-state index contributed by atoms with van der Waals surface area (Å²) in [4.78, 5) is 29.8. The second-order valence-corrected chi connectivity index (χ2v) is 27.2. The number of anilines is 1. The Bertz CT molecular complexity index is 4540. The number of aromatic nitrogens is 13. The number of imidazole rings is 2. The molecule has 12 aromatic rings. The van der Waals surface area contributed by atoms with Gasteiger partial charge in [0.1, 0.15) is 21.9 Å². The van der Waals surface area contributed by atoms with Crippen molar-refractivity contribution < 1.29 is 8.78 Å². The van der Waals surface area contributed by atoms with E-state index in [4.69, 9.17) is 4.98 Å². The summed E-state index contributed by atoms with van der Waals surface area (Å²) in [5.41, 5.74) is 14.6. The first kappa shape index (κ1) is 56.5. The first-order valence-corrected chi connectivity index (χ1v) is 31.3. The number of halogens is 2. The van der Waals surface area contributed by atoms with Crippen LogP contribution < -0.4 is 20.9 Å². The Labute approximate surface area is 502 Å². The molecule has 3 aliphatic rings. The minimum Gasteiger partial charge on any atom is -0.348 e. The number of hydrogen-bond acceptors (Lipinski definition) is 17. The van der Waals surface area contributed by atoms with E-state index in [2.05, 4.69) is 125 Å². The second-order valence-electron chi connectivity index (χ2n) is 24.1. The van der Waals surface area contributed by atoms with E-state index in [-0.39, 0.29) is 22.7 Å². The largest absolute Gasteiger partial charge is 0.348 e. The Morgan fingerprint density at radius 3 is 1.86 bits per heavy atom. The lowest BCUT2D eigenvalue weighted by Gasteiger charge is -2.48. The summed E-state index contributed by atoms with van der Waals surface area (Å²) >= 11 is 4.91. The maximum absolute atomic E-state index is 14.8. The maximum atomic E-state index is 14.8. The van der Waals surface area contributed by atoms with E-state index in [0.717, 1.165) is 167 Å². The zero-order valence-corrected chi connectivity index (χ0v) is 51.8. The van der Waals surface area contributed by atoms with Crippen LogP contribution in [0.25, 0.3) is 86.9 Å². The predicted octanol–water partition coefficient (Wildman–Crippen LogP) is 12.8. The lowest BCUT2D eigenvalue weighted by Crippen LogP contribution is -2.61. The van der Waals surface area contributed by atoms with Gasteiger partial charge in [0.15, 0.2) is 33.7 Å². The summed E-state index contributed by atoms with van der Waals surface area (Å²) in [7, 11) is 2.18. The minimum absolute atomic E-state index is 0.106. The number of aryl methyl sites for hydroxylation is 5. The number of nitrogens with zero attached hydrogens (tertiary/aromatic N) is 14. The Kier molecular flexibility index (Phi) is 14.9. The van der Waals surface area contributed by atoms with Crippen molar-refractivity contribution in [3.8, 4) is 33.8 Å². The molecule has 3 aromatic carbocycles. The molecule has 0 spiro atoms. The molecule has 12 heterocycles. The molecule has 2 fully saturated rings. The molecule has 22 heteroatoms. The van der Waals surface area contributed by atoms with Gasteiger partial charge in [0, 0.05) is 53.3 Å². The van der Waals surface area contributed by atoms with Gasteiger partial charge < -0.3 is 20.9 Å². The van der Waals surface area contributed by atoms with Gasteiger partial charge in [-0.1, -0.05) is 23.5 Å². The Morgan fingerprint density at radius 2 is 1.22 bits per heavy atom. The monoisotopic (exact) mass is 1200 g/mol. The summed E-state index contributed by atoms with van der Waals surface area (Å²) in [5.74, 6) is 0.567. The lowest BCUT2D eigenvalue weighted by molar-refractivity contribution is 0.161. The van der Waals surface area contributed by atoms with Crippen LogP contribution in [0.5, 0.6) is 0 Å². The highest BCUT2D eigenvalue weighted by atomic mass is 32.1. The molecule has 0 unspecified atom stereocenters. The van der Waals surface area contributed by atoms with Gasteiger partial charge in [-0.25, -0.2) is 47.7 Å². The van der Waals surface area contributed by atoms with Crippen LogP contribution >= 0.6 is 34.0 Å². The first-order valence-electron chi connectivity index (χ1n) is 28.9. The van der Waals surface area contributed by atoms with E-state index in [1.807, 2.05) is 83.4 Å². The van der Waals surface area contributed by atoms with E-state index in [9.17, 15) is 8.78 Å².